The molecule has 0 spiro atoms. The number of morpholine rings is 1. The number of rotatable bonds is 6. The topological polar surface area (TPSA) is 48.1 Å². The number of allylic oxidation sites excluding steroid dienone is 1. The Morgan fingerprint density at radius 3 is 2.29 bits per heavy atom. The number of hydrogen-bond donors (Lipinski definition) is 1. The van der Waals surface area contributed by atoms with Gasteiger partial charge in [-0.3, -0.25) is 9.69 Å². The highest BCUT2D eigenvalue weighted by atomic mass is 16.5. The zero-order valence-corrected chi connectivity index (χ0v) is 24.6. The van der Waals surface area contributed by atoms with Crippen LogP contribution in [0.5, 0.6) is 0 Å². The molecule has 1 amide bonds. The lowest BCUT2D eigenvalue weighted by molar-refractivity contribution is -0.116. The van der Waals surface area contributed by atoms with E-state index in [0.29, 0.717) is 5.92 Å². The number of anilines is 4. The van der Waals surface area contributed by atoms with Gasteiger partial charge in [-0.25, -0.2) is 0 Å². The molecule has 2 atom stereocenters. The fourth-order valence-corrected chi connectivity index (χ4v) is 6.86. The fourth-order valence-electron chi connectivity index (χ4n) is 6.86. The number of amides is 1. The van der Waals surface area contributed by atoms with Gasteiger partial charge in [0.1, 0.15) is 0 Å². The second-order valence-corrected chi connectivity index (χ2v) is 11.3. The molecule has 3 aromatic carbocycles. The van der Waals surface area contributed by atoms with Gasteiger partial charge in [-0.05, 0) is 92.1 Å². The van der Waals surface area contributed by atoms with Crippen molar-refractivity contribution < 1.29 is 9.53 Å². The van der Waals surface area contributed by atoms with Crippen molar-refractivity contribution in [3.8, 4) is 0 Å². The molecule has 0 bridgehead atoms. The highest BCUT2D eigenvalue weighted by Crippen LogP contribution is 2.48. The number of hydrogen-bond acceptors (Lipinski definition) is 5. The molecule has 2 heterocycles. The first-order valence-electron chi connectivity index (χ1n) is 15.2. The van der Waals surface area contributed by atoms with Crippen molar-refractivity contribution in [2.45, 2.75) is 52.0 Å². The lowest BCUT2D eigenvalue weighted by Crippen LogP contribution is -2.36. The molecular weight excluding hydrogens is 508 g/mol. The van der Waals surface area contributed by atoms with Crippen LogP contribution in [0.15, 0.2) is 84.1 Å². The summed E-state index contributed by atoms with van der Waals surface area (Å²) in [4.78, 5) is 20.1. The quantitative estimate of drug-likeness (QED) is 0.354. The van der Waals surface area contributed by atoms with E-state index in [9.17, 15) is 4.79 Å². The predicted molar refractivity (Wildman–Crippen MR) is 169 cm³/mol. The van der Waals surface area contributed by atoms with Gasteiger partial charge in [0.05, 0.1) is 30.6 Å². The van der Waals surface area contributed by atoms with Crippen molar-refractivity contribution in [3.05, 3.63) is 95.2 Å². The first-order valence-corrected chi connectivity index (χ1v) is 15.2. The Kier molecular flexibility index (Phi) is 8.02. The summed E-state index contributed by atoms with van der Waals surface area (Å²) in [6, 6.07) is 26.2. The molecule has 1 saturated heterocycles. The summed E-state index contributed by atoms with van der Waals surface area (Å²) in [7, 11) is 0. The maximum atomic E-state index is 13.3. The van der Waals surface area contributed by atoms with Crippen LogP contribution in [-0.4, -0.2) is 45.3 Å². The molecule has 0 radical (unpaired) electrons. The van der Waals surface area contributed by atoms with Crippen LogP contribution in [0.1, 0.15) is 63.1 Å². The summed E-state index contributed by atoms with van der Waals surface area (Å²) in [6.45, 7) is 11.5. The fraction of sp³-hybridized carbons (Fsp3) is 0.400. The van der Waals surface area contributed by atoms with Gasteiger partial charge >= 0.3 is 0 Å². The number of ether oxygens (including phenoxy) is 1. The van der Waals surface area contributed by atoms with E-state index in [1.165, 1.54) is 28.2 Å². The highest BCUT2D eigenvalue weighted by Gasteiger charge is 2.37. The molecule has 1 fully saturated rings. The van der Waals surface area contributed by atoms with Gasteiger partial charge < -0.3 is 19.9 Å². The maximum absolute atomic E-state index is 13.3. The second kappa shape index (κ2) is 12.0. The molecule has 3 aliphatic rings. The van der Waals surface area contributed by atoms with Gasteiger partial charge in [0.25, 0.3) is 0 Å². The summed E-state index contributed by atoms with van der Waals surface area (Å²) >= 11 is 0. The number of para-hydroxylation sites is 2. The van der Waals surface area contributed by atoms with E-state index in [2.05, 4.69) is 89.6 Å². The Balaban J connectivity index is 1.35. The SMILES string of the molecule is CCN(CC)c1ccc(C2C3=C(CC(c4ccc(N5CCOCC5)cc4)CC3)Nc3ccccc3N2C(C)=O)cc1. The largest absolute Gasteiger partial charge is 0.378 e. The first kappa shape index (κ1) is 27.4. The van der Waals surface area contributed by atoms with Crippen molar-refractivity contribution in [1.82, 2.24) is 0 Å². The van der Waals surface area contributed by atoms with Gasteiger partial charge in [0, 0.05) is 50.2 Å². The Bertz CT molecular complexity index is 1390. The molecule has 1 N–H and O–H groups in total. The lowest BCUT2D eigenvalue weighted by Gasteiger charge is -2.36. The van der Waals surface area contributed by atoms with Crippen LogP contribution >= 0.6 is 0 Å². The molecule has 1 aliphatic carbocycles. The lowest BCUT2D eigenvalue weighted by atomic mass is 9.79. The van der Waals surface area contributed by atoms with E-state index in [1.54, 1.807) is 6.92 Å². The normalized spacial score (nSPS) is 20.6. The molecule has 6 heteroatoms. The number of nitrogens with zero attached hydrogens (tertiary/aromatic N) is 3. The monoisotopic (exact) mass is 550 g/mol. The Hall–Kier alpha value is -3.77. The maximum Gasteiger partial charge on any atom is 0.224 e. The van der Waals surface area contributed by atoms with Gasteiger partial charge in [-0.1, -0.05) is 36.4 Å². The van der Waals surface area contributed by atoms with E-state index in [1.807, 2.05) is 17.0 Å². The van der Waals surface area contributed by atoms with Crippen LogP contribution in [-0.2, 0) is 9.53 Å². The van der Waals surface area contributed by atoms with E-state index >= 15 is 0 Å². The van der Waals surface area contributed by atoms with E-state index < -0.39 is 0 Å². The molecule has 3 aromatic rings. The van der Waals surface area contributed by atoms with Crippen molar-refractivity contribution in [2.24, 2.45) is 0 Å². The molecule has 0 saturated carbocycles. The van der Waals surface area contributed by atoms with Crippen LogP contribution in [0.4, 0.5) is 22.7 Å². The molecule has 214 valence electrons. The number of carbonyl (C=O) groups excluding carboxylic acids is 1. The molecule has 6 rings (SSSR count). The number of carbonyl (C=O) groups is 1. The summed E-state index contributed by atoms with van der Waals surface area (Å²) in [5.74, 6) is 0.494. The van der Waals surface area contributed by atoms with Crippen molar-refractivity contribution in [3.63, 3.8) is 0 Å². The first-order chi connectivity index (χ1) is 20.1. The minimum atomic E-state index is -0.131. The zero-order chi connectivity index (χ0) is 28.3. The van der Waals surface area contributed by atoms with E-state index in [4.69, 9.17) is 4.74 Å². The van der Waals surface area contributed by atoms with Crippen LogP contribution in [0.2, 0.25) is 0 Å². The molecule has 0 aromatic heterocycles. The third-order valence-electron chi connectivity index (χ3n) is 9.06. The summed E-state index contributed by atoms with van der Waals surface area (Å²) < 4.78 is 5.53. The van der Waals surface area contributed by atoms with Gasteiger partial charge in [-0.2, -0.15) is 0 Å². The zero-order valence-electron chi connectivity index (χ0n) is 24.6. The standard InChI is InChI=1S/C35H42N4O2/c1-4-37(5-2)29-17-12-27(13-18-29)35-31-19-14-28(26-10-15-30(16-11-26)38-20-22-41-23-21-38)24-33(31)36-32-8-6-7-9-34(32)39(35)25(3)40/h6-13,15-18,28,35-36H,4-5,14,19-24H2,1-3H3. The Morgan fingerprint density at radius 2 is 1.61 bits per heavy atom. The Morgan fingerprint density at radius 1 is 0.927 bits per heavy atom. The highest BCUT2D eigenvalue weighted by molar-refractivity contribution is 5.97. The van der Waals surface area contributed by atoms with Crippen molar-refractivity contribution >= 4 is 28.7 Å². The van der Waals surface area contributed by atoms with Crippen LogP contribution in [0.25, 0.3) is 0 Å². The predicted octanol–water partition coefficient (Wildman–Crippen LogP) is 7.11. The summed E-state index contributed by atoms with van der Waals surface area (Å²) in [6.07, 6.45) is 2.94. The van der Waals surface area contributed by atoms with Crippen molar-refractivity contribution in [1.29, 1.82) is 0 Å². The van der Waals surface area contributed by atoms with E-state index in [-0.39, 0.29) is 11.9 Å². The van der Waals surface area contributed by atoms with Gasteiger partial charge in [0.15, 0.2) is 0 Å². The molecule has 2 unspecified atom stereocenters. The van der Waals surface area contributed by atoms with Crippen LogP contribution in [0.3, 0.4) is 0 Å². The smallest absolute Gasteiger partial charge is 0.224 e. The molecule has 6 nitrogen and oxygen atoms in total. The molecule has 41 heavy (non-hydrogen) atoms. The molecular formula is C35H42N4O2. The van der Waals surface area contributed by atoms with Gasteiger partial charge in [0.2, 0.25) is 5.91 Å². The van der Waals surface area contributed by atoms with Crippen molar-refractivity contribution in [2.75, 3.05) is 59.4 Å². The minimum absolute atomic E-state index is 0.0617. The summed E-state index contributed by atoms with van der Waals surface area (Å²) in [5.41, 5.74) is 9.57. The number of fused-ring (bicyclic) bond motifs is 1. The second-order valence-electron chi connectivity index (χ2n) is 11.3. The van der Waals surface area contributed by atoms with Crippen LogP contribution < -0.4 is 20.0 Å². The Labute approximate surface area is 244 Å². The van der Waals surface area contributed by atoms with Gasteiger partial charge in [-0.15, -0.1) is 0 Å². The number of benzene rings is 3. The summed E-state index contributed by atoms with van der Waals surface area (Å²) in [5, 5.41) is 3.81. The average molecular weight is 551 g/mol. The number of nitrogens with one attached hydrogen (secondary N) is 1. The minimum Gasteiger partial charge on any atom is -0.378 e. The molecule has 2 aliphatic heterocycles. The van der Waals surface area contributed by atoms with E-state index in [0.717, 1.165) is 75.6 Å². The third kappa shape index (κ3) is 5.45. The average Bonchev–Trinajstić information content (AvgIpc) is 3.17. The third-order valence-corrected chi connectivity index (χ3v) is 9.06. The van der Waals surface area contributed by atoms with Crippen LogP contribution in [0, 0.1) is 0 Å².